The molecule has 0 bridgehead atoms. The molecule has 0 saturated carbocycles. The Balaban J connectivity index is 1.57. The van der Waals surface area contributed by atoms with Gasteiger partial charge in [0.2, 0.25) is 0 Å². The van der Waals surface area contributed by atoms with E-state index in [2.05, 4.69) is 15.1 Å². The highest BCUT2D eigenvalue weighted by atomic mass is 16.5. The van der Waals surface area contributed by atoms with Gasteiger partial charge in [-0.2, -0.15) is 5.10 Å². The molecule has 0 radical (unpaired) electrons. The Morgan fingerprint density at radius 2 is 2.00 bits per heavy atom. The zero-order chi connectivity index (χ0) is 18.1. The molecule has 3 aromatic heterocycles. The topological polar surface area (TPSA) is 74.8 Å². The average Bonchev–Trinajstić information content (AvgIpc) is 3.31. The first-order valence-electron chi connectivity index (χ1n) is 8.22. The van der Waals surface area contributed by atoms with E-state index in [9.17, 15) is 4.79 Å². The third-order valence-electron chi connectivity index (χ3n) is 4.19. The van der Waals surface area contributed by atoms with Crippen molar-refractivity contribution < 1.29 is 9.53 Å². The molecule has 0 spiro atoms. The smallest absolute Gasteiger partial charge is 0.357 e. The van der Waals surface area contributed by atoms with E-state index < -0.39 is 12.1 Å². The van der Waals surface area contributed by atoms with Crippen LogP contribution < -0.4 is 0 Å². The molecule has 0 N–H and O–H groups in total. The highest BCUT2D eigenvalue weighted by Crippen LogP contribution is 2.22. The van der Waals surface area contributed by atoms with Crippen molar-refractivity contribution in [3.05, 3.63) is 72.6 Å². The SMILES string of the molecule is C[C@H](OC(=O)c1cc(-n2cccn2)ccn1)c1nc2ccccc2n1C. The number of pyridine rings is 1. The van der Waals surface area contributed by atoms with Crippen molar-refractivity contribution in [2.45, 2.75) is 13.0 Å². The third-order valence-corrected chi connectivity index (χ3v) is 4.19. The minimum Gasteiger partial charge on any atom is -0.450 e. The van der Waals surface area contributed by atoms with Crippen molar-refractivity contribution in [2.75, 3.05) is 0 Å². The van der Waals surface area contributed by atoms with Crippen LogP contribution in [0.15, 0.2) is 61.1 Å². The number of benzene rings is 1. The lowest BCUT2D eigenvalue weighted by Crippen LogP contribution is -2.14. The summed E-state index contributed by atoms with van der Waals surface area (Å²) in [7, 11) is 1.91. The maximum atomic E-state index is 12.5. The first-order valence-corrected chi connectivity index (χ1v) is 8.22. The average molecular weight is 347 g/mol. The van der Waals surface area contributed by atoms with E-state index in [0.29, 0.717) is 5.82 Å². The van der Waals surface area contributed by atoms with Gasteiger partial charge in [-0.3, -0.25) is 0 Å². The van der Waals surface area contributed by atoms with Crippen LogP contribution in [0, 0.1) is 0 Å². The third kappa shape index (κ3) is 2.83. The van der Waals surface area contributed by atoms with Crippen LogP contribution in [0.2, 0.25) is 0 Å². The Morgan fingerprint density at radius 3 is 2.77 bits per heavy atom. The molecule has 3 heterocycles. The van der Waals surface area contributed by atoms with E-state index in [0.717, 1.165) is 16.7 Å². The summed E-state index contributed by atoms with van der Waals surface area (Å²) < 4.78 is 9.18. The van der Waals surface area contributed by atoms with Gasteiger partial charge in [0.1, 0.15) is 0 Å². The van der Waals surface area contributed by atoms with Gasteiger partial charge >= 0.3 is 5.97 Å². The van der Waals surface area contributed by atoms with Crippen LogP contribution in [0.1, 0.15) is 29.3 Å². The van der Waals surface area contributed by atoms with Gasteiger partial charge in [-0.05, 0) is 37.3 Å². The lowest BCUT2D eigenvalue weighted by Gasteiger charge is -2.13. The molecule has 0 fully saturated rings. The second kappa shape index (κ2) is 6.44. The Bertz CT molecular complexity index is 1070. The van der Waals surface area contributed by atoms with E-state index >= 15 is 0 Å². The van der Waals surface area contributed by atoms with E-state index in [1.54, 1.807) is 42.3 Å². The number of carbonyl (C=O) groups excluding carboxylic acids is 1. The number of esters is 1. The van der Waals surface area contributed by atoms with Gasteiger partial charge < -0.3 is 9.30 Å². The standard InChI is InChI=1S/C19H17N5O2/c1-13(18-22-15-6-3-4-7-17(15)23(18)2)26-19(25)16-12-14(8-10-20-16)24-11-5-9-21-24/h3-13H,1-2H3/t13-/m0/s1. The van der Waals surface area contributed by atoms with Gasteiger partial charge in [0, 0.05) is 25.6 Å². The maximum absolute atomic E-state index is 12.5. The number of aryl methyl sites for hydroxylation is 1. The molecule has 7 nitrogen and oxygen atoms in total. The number of nitrogens with zero attached hydrogens (tertiary/aromatic N) is 5. The number of imidazole rings is 1. The van der Waals surface area contributed by atoms with Gasteiger partial charge in [-0.25, -0.2) is 19.4 Å². The molecule has 26 heavy (non-hydrogen) atoms. The molecule has 0 saturated heterocycles. The predicted octanol–water partition coefficient (Wildman–Crippen LogP) is 3.07. The number of carbonyl (C=O) groups is 1. The number of ether oxygens (including phenoxy) is 1. The minimum absolute atomic E-state index is 0.226. The Labute approximate surface area is 149 Å². The maximum Gasteiger partial charge on any atom is 0.357 e. The van der Waals surface area contributed by atoms with Gasteiger partial charge in [0.05, 0.1) is 16.7 Å². The fourth-order valence-electron chi connectivity index (χ4n) is 2.90. The van der Waals surface area contributed by atoms with Crippen molar-refractivity contribution >= 4 is 17.0 Å². The summed E-state index contributed by atoms with van der Waals surface area (Å²) in [5, 5.41) is 4.15. The number of fused-ring (bicyclic) bond motifs is 1. The quantitative estimate of drug-likeness (QED) is 0.530. The fourth-order valence-corrected chi connectivity index (χ4v) is 2.90. The van der Waals surface area contributed by atoms with Crippen molar-refractivity contribution in [1.29, 1.82) is 0 Å². The number of aromatic nitrogens is 5. The largest absolute Gasteiger partial charge is 0.450 e. The summed E-state index contributed by atoms with van der Waals surface area (Å²) in [6, 6.07) is 13.0. The van der Waals surface area contributed by atoms with Crippen LogP contribution in [0.4, 0.5) is 0 Å². The summed E-state index contributed by atoms with van der Waals surface area (Å²) in [5.41, 5.74) is 2.83. The van der Waals surface area contributed by atoms with Crippen molar-refractivity contribution in [3.63, 3.8) is 0 Å². The Hall–Kier alpha value is -3.48. The second-order valence-corrected chi connectivity index (χ2v) is 5.92. The molecule has 0 amide bonds. The lowest BCUT2D eigenvalue weighted by atomic mass is 10.3. The van der Waals surface area contributed by atoms with Crippen LogP contribution >= 0.6 is 0 Å². The summed E-state index contributed by atoms with van der Waals surface area (Å²) in [5.74, 6) is 0.182. The predicted molar refractivity (Wildman–Crippen MR) is 95.9 cm³/mol. The number of hydrogen-bond acceptors (Lipinski definition) is 5. The van der Waals surface area contributed by atoms with Crippen LogP contribution in [-0.2, 0) is 11.8 Å². The fraction of sp³-hybridized carbons (Fsp3) is 0.158. The summed E-state index contributed by atoms with van der Waals surface area (Å²) in [4.78, 5) is 21.2. The van der Waals surface area contributed by atoms with Crippen molar-refractivity contribution in [3.8, 4) is 5.69 Å². The van der Waals surface area contributed by atoms with Crippen LogP contribution in [0.3, 0.4) is 0 Å². The monoisotopic (exact) mass is 347 g/mol. The molecular weight excluding hydrogens is 330 g/mol. The highest BCUT2D eigenvalue weighted by molar-refractivity contribution is 5.88. The molecule has 0 unspecified atom stereocenters. The summed E-state index contributed by atoms with van der Waals surface area (Å²) in [6.45, 7) is 1.80. The van der Waals surface area contributed by atoms with Gasteiger partial charge in [0.15, 0.2) is 17.6 Å². The molecule has 1 aromatic carbocycles. The normalized spacial score (nSPS) is 12.2. The Kier molecular flexibility index (Phi) is 3.96. The Morgan fingerprint density at radius 1 is 1.15 bits per heavy atom. The number of hydrogen-bond donors (Lipinski definition) is 0. The molecule has 7 heteroatoms. The first-order chi connectivity index (χ1) is 12.6. The highest BCUT2D eigenvalue weighted by Gasteiger charge is 2.20. The van der Waals surface area contributed by atoms with Crippen LogP contribution in [-0.4, -0.2) is 30.3 Å². The van der Waals surface area contributed by atoms with Crippen LogP contribution in [0.25, 0.3) is 16.7 Å². The van der Waals surface area contributed by atoms with E-state index in [1.165, 1.54) is 0 Å². The van der Waals surface area contributed by atoms with E-state index in [-0.39, 0.29) is 5.69 Å². The first kappa shape index (κ1) is 16.0. The lowest BCUT2D eigenvalue weighted by molar-refractivity contribution is 0.0308. The van der Waals surface area contributed by atoms with Gasteiger partial charge in [-0.15, -0.1) is 0 Å². The minimum atomic E-state index is -0.505. The zero-order valence-electron chi connectivity index (χ0n) is 14.4. The second-order valence-electron chi connectivity index (χ2n) is 5.92. The molecule has 4 aromatic rings. The molecule has 1 atom stereocenters. The van der Waals surface area contributed by atoms with Crippen LogP contribution in [0.5, 0.6) is 0 Å². The number of rotatable bonds is 4. The van der Waals surface area contributed by atoms with Crippen molar-refractivity contribution in [2.24, 2.45) is 7.05 Å². The van der Waals surface area contributed by atoms with Gasteiger partial charge in [-0.1, -0.05) is 12.1 Å². The van der Waals surface area contributed by atoms with E-state index in [4.69, 9.17) is 4.74 Å². The molecule has 0 aliphatic heterocycles. The number of para-hydroxylation sites is 2. The molecule has 4 rings (SSSR count). The molecule has 0 aliphatic rings. The summed E-state index contributed by atoms with van der Waals surface area (Å²) in [6.07, 6.45) is 4.53. The molecule has 0 aliphatic carbocycles. The van der Waals surface area contributed by atoms with E-state index in [1.807, 2.05) is 41.9 Å². The molecule has 130 valence electrons. The zero-order valence-corrected chi connectivity index (χ0v) is 14.4. The van der Waals surface area contributed by atoms with Crippen molar-refractivity contribution in [1.82, 2.24) is 24.3 Å². The van der Waals surface area contributed by atoms with Gasteiger partial charge in [0.25, 0.3) is 0 Å². The summed E-state index contributed by atoms with van der Waals surface area (Å²) >= 11 is 0. The molecular formula is C19H17N5O2.